The first-order valence-electron chi connectivity index (χ1n) is 1.65. The molecule has 1 aromatic heterocycles. The maximum absolute atomic E-state index is 5.36. The van der Waals surface area contributed by atoms with E-state index in [2.05, 4.69) is 27.7 Å². The zero-order chi connectivity index (χ0) is 5.28. The van der Waals surface area contributed by atoms with Crippen molar-refractivity contribution in [1.29, 1.82) is 0 Å². The minimum Gasteiger partial charge on any atom is -0.179 e. The summed E-state index contributed by atoms with van der Waals surface area (Å²) in [6.45, 7) is 0. The first-order chi connectivity index (χ1) is 3.29. The van der Waals surface area contributed by atoms with Gasteiger partial charge in [0.1, 0.15) is 0 Å². The summed E-state index contributed by atoms with van der Waals surface area (Å²) in [4.78, 5) is 0. The molecule has 0 aliphatic rings. The summed E-state index contributed by atoms with van der Waals surface area (Å²) in [6, 6.07) is 0. The molecule has 2 nitrogen and oxygen atoms in total. The van der Waals surface area contributed by atoms with Crippen molar-refractivity contribution >= 4 is 34.4 Å². The molecule has 1 aromatic rings. The molecule has 4 heteroatoms. The lowest BCUT2D eigenvalue weighted by Crippen LogP contribution is -1.73. The van der Waals surface area contributed by atoms with Crippen molar-refractivity contribution in [2.75, 3.05) is 0 Å². The number of hydrogen-bond donors (Lipinski definition) is 0. The van der Waals surface area contributed by atoms with Crippen LogP contribution in [0.2, 0.25) is 0 Å². The Morgan fingerprint density at radius 1 is 1.86 bits per heavy atom. The summed E-state index contributed by atoms with van der Waals surface area (Å²) < 4.78 is 2.30. The van der Waals surface area contributed by atoms with E-state index >= 15 is 0 Å². The second kappa shape index (κ2) is 2.00. The average Bonchev–Trinajstić information content (AvgIpc) is 1.87. The maximum Gasteiger partial charge on any atom is 0.0638 e. The molecular formula is C3H2ClIN2. The molecule has 0 saturated heterocycles. The number of aromatic nitrogens is 2. The van der Waals surface area contributed by atoms with Crippen molar-refractivity contribution in [2.45, 2.75) is 0 Å². The van der Waals surface area contributed by atoms with Crippen LogP contribution in [0, 0.1) is 3.57 Å². The van der Waals surface area contributed by atoms with E-state index in [1.807, 2.05) is 0 Å². The van der Waals surface area contributed by atoms with E-state index in [9.17, 15) is 0 Å². The van der Waals surface area contributed by atoms with Crippen LogP contribution in [0.15, 0.2) is 12.4 Å². The molecule has 7 heavy (non-hydrogen) atoms. The van der Waals surface area contributed by atoms with Crippen LogP contribution in [-0.4, -0.2) is 9.30 Å². The van der Waals surface area contributed by atoms with Gasteiger partial charge in [0, 0.05) is 11.8 Å². The summed E-state index contributed by atoms with van der Waals surface area (Å²) in [5.41, 5.74) is 0. The van der Waals surface area contributed by atoms with Gasteiger partial charge in [-0.05, 0) is 22.6 Å². The minimum atomic E-state index is 1.05. The van der Waals surface area contributed by atoms with Crippen molar-refractivity contribution < 1.29 is 0 Å². The van der Waals surface area contributed by atoms with E-state index in [0.717, 1.165) is 3.57 Å². The van der Waals surface area contributed by atoms with Gasteiger partial charge in [0.2, 0.25) is 0 Å². The lowest BCUT2D eigenvalue weighted by atomic mass is 10.8. The summed E-state index contributed by atoms with van der Waals surface area (Å²) in [6.07, 6.45) is 3.41. The third-order valence-corrected chi connectivity index (χ3v) is 1.26. The molecule has 0 aliphatic heterocycles. The molecule has 38 valence electrons. The molecular weight excluding hydrogens is 226 g/mol. The third kappa shape index (κ3) is 1.31. The standard InChI is InChI=1S/C3H2ClIN2/c4-7-2-3(5)1-6-7/h1-2H. The molecule has 0 saturated carbocycles. The fourth-order valence-corrected chi connectivity index (χ4v) is 0.981. The van der Waals surface area contributed by atoms with Gasteiger partial charge in [0.15, 0.2) is 0 Å². The molecule has 0 amide bonds. The van der Waals surface area contributed by atoms with Crippen molar-refractivity contribution in [3.63, 3.8) is 0 Å². The van der Waals surface area contributed by atoms with Crippen LogP contribution >= 0.6 is 34.4 Å². The predicted molar refractivity (Wildman–Crippen MR) is 36.2 cm³/mol. The second-order valence-corrected chi connectivity index (χ2v) is 2.64. The van der Waals surface area contributed by atoms with Gasteiger partial charge in [-0.3, -0.25) is 0 Å². The van der Waals surface area contributed by atoms with Crippen molar-refractivity contribution in [3.8, 4) is 0 Å². The largest absolute Gasteiger partial charge is 0.179 e. The predicted octanol–water partition coefficient (Wildman–Crippen LogP) is 1.49. The smallest absolute Gasteiger partial charge is 0.0638 e. The van der Waals surface area contributed by atoms with E-state index in [-0.39, 0.29) is 0 Å². The summed E-state index contributed by atoms with van der Waals surface area (Å²) >= 11 is 7.49. The monoisotopic (exact) mass is 228 g/mol. The van der Waals surface area contributed by atoms with Crippen LogP contribution in [0.4, 0.5) is 0 Å². The molecule has 0 aliphatic carbocycles. The summed E-state index contributed by atoms with van der Waals surface area (Å²) in [7, 11) is 0. The Morgan fingerprint density at radius 3 is 2.71 bits per heavy atom. The van der Waals surface area contributed by atoms with Gasteiger partial charge in [-0.1, -0.05) is 0 Å². The number of halogens is 2. The summed E-state index contributed by atoms with van der Waals surface area (Å²) in [5.74, 6) is 0. The SMILES string of the molecule is Cln1cc(I)cn1. The molecule has 1 heterocycles. The maximum atomic E-state index is 5.36. The van der Waals surface area contributed by atoms with E-state index in [0.29, 0.717) is 0 Å². The van der Waals surface area contributed by atoms with Crippen molar-refractivity contribution in [3.05, 3.63) is 16.0 Å². The Kier molecular flexibility index (Phi) is 1.53. The van der Waals surface area contributed by atoms with E-state index in [1.165, 1.54) is 4.20 Å². The normalized spacial score (nSPS) is 9.43. The topological polar surface area (TPSA) is 17.8 Å². The average molecular weight is 228 g/mol. The van der Waals surface area contributed by atoms with Gasteiger partial charge in [-0.15, -0.1) is 0 Å². The van der Waals surface area contributed by atoms with Crippen LogP contribution in [0.5, 0.6) is 0 Å². The second-order valence-electron chi connectivity index (χ2n) is 1.05. The van der Waals surface area contributed by atoms with E-state index in [1.54, 1.807) is 12.4 Å². The lowest BCUT2D eigenvalue weighted by Gasteiger charge is -1.72. The van der Waals surface area contributed by atoms with Gasteiger partial charge in [0.25, 0.3) is 0 Å². The highest BCUT2D eigenvalue weighted by atomic mass is 127. The van der Waals surface area contributed by atoms with Crippen LogP contribution in [0.1, 0.15) is 0 Å². The van der Waals surface area contributed by atoms with Gasteiger partial charge in [0.05, 0.1) is 16.0 Å². The molecule has 0 radical (unpaired) electrons. The molecule has 0 atom stereocenters. The highest BCUT2D eigenvalue weighted by Gasteiger charge is 1.85. The van der Waals surface area contributed by atoms with E-state index in [4.69, 9.17) is 11.8 Å². The molecule has 0 fully saturated rings. The van der Waals surface area contributed by atoms with Crippen LogP contribution in [0.3, 0.4) is 0 Å². The van der Waals surface area contributed by atoms with Crippen LogP contribution < -0.4 is 0 Å². The summed E-state index contributed by atoms with van der Waals surface area (Å²) in [5, 5.41) is 3.69. The van der Waals surface area contributed by atoms with Gasteiger partial charge < -0.3 is 0 Å². The Balaban J connectivity index is 3.04. The molecule has 0 N–H and O–H groups in total. The molecule has 1 rings (SSSR count). The Labute approximate surface area is 59.7 Å². The van der Waals surface area contributed by atoms with Crippen LogP contribution in [-0.2, 0) is 0 Å². The Bertz CT molecular complexity index is 145. The fraction of sp³-hybridized carbons (Fsp3) is 0. The highest BCUT2D eigenvalue weighted by Crippen LogP contribution is 2.00. The molecule has 0 aromatic carbocycles. The minimum absolute atomic E-state index is 1.05. The van der Waals surface area contributed by atoms with Crippen LogP contribution in [0.25, 0.3) is 0 Å². The molecule has 0 spiro atoms. The van der Waals surface area contributed by atoms with Crippen molar-refractivity contribution in [2.24, 2.45) is 0 Å². The number of nitrogens with zero attached hydrogens (tertiary/aromatic N) is 2. The molecule has 0 unspecified atom stereocenters. The Hall–Kier alpha value is 0.230. The number of hydrogen-bond acceptors (Lipinski definition) is 1. The van der Waals surface area contributed by atoms with Gasteiger partial charge in [-0.2, -0.15) is 9.30 Å². The fourth-order valence-electron chi connectivity index (χ4n) is 0.279. The van der Waals surface area contributed by atoms with Gasteiger partial charge >= 0.3 is 0 Å². The lowest BCUT2D eigenvalue weighted by molar-refractivity contribution is 0.994. The van der Waals surface area contributed by atoms with Crippen molar-refractivity contribution in [1.82, 2.24) is 9.30 Å². The quantitative estimate of drug-likeness (QED) is 0.615. The highest BCUT2D eigenvalue weighted by molar-refractivity contribution is 14.1. The zero-order valence-electron chi connectivity index (χ0n) is 3.31. The van der Waals surface area contributed by atoms with E-state index < -0.39 is 0 Å². The Morgan fingerprint density at radius 2 is 2.57 bits per heavy atom. The molecule has 0 bridgehead atoms. The zero-order valence-corrected chi connectivity index (χ0v) is 6.22. The first kappa shape index (κ1) is 5.37. The first-order valence-corrected chi connectivity index (χ1v) is 3.07. The van der Waals surface area contributed by atoms with Gasteiger partial charge in [-0.25, -0.2) is 0 Å². The number of rotatable bonds is 0. The third-order valence-electron chi connectivity index (χ3n) is 0.521.